The van der Waals surface area contributed by atoms with Gasteiger partial charge in [-0.3, -0.25) is 14.9 Å². The van der Waals surface area contributed by atoms with Crippen LogP contribution in [0.15, 0.2) is 48.5 Å². The monoisotopic (exact) mass is 318 g/mol. The fraction of sp³-hybridized carbons (Fsp3) is 0.188. The van der Waals surface area contributed by atoms with Gasteiger partial charge in [0.05, 0.1) is 17.1 Å². The van der Waals surface area contributed by atoms with Crippen molar-refractivity contribution in [2.45, 2.75) is 6.42 Å². The number of hydrogen-bond acceptors (Lipinski definition) is 4. The maximum absolute atomic E-state index is 13.6. The van der Waals surface area contributed by atoms with Crippen molar-refractivity contribution >= 4 is 11.6 Å². The molecule has 0 spiro atoms. The van der Waals surface area contributed by atoms with Crippen molar-refractivity contribution in [2.75, 3.05) is 13.2 Å². The van der Waals surface area contributed by atoms with Crippen molar-refractivity contribution in [2.24, 2.45) is 0 Å². The summed E-state index contributed by atoms with van der Waals surface area (Å²) in [5, 5.41) is 13.2. The van der Waals surface area contributed by atoms with Gasteiger partial charge in [-0.1, -0.05) is 18.2 Å². The molecular weight excluding hydrogens is 303 g/mol. The first-order valence-corrected chi connectivity index (χ1v) is 6.98. The van der Waals surface area contributed by atoms with Gasteiger partial charge < -0.3 is 10.1 Å². The summed E-state index contributed by atoms with van der Waals surface area (Å²) in [4.78, 5) is 21.8. The van der Waals surface area contributed by atoms with E-state index in [9.17, 15) is 19.3 Å². The number of amides is 1. The van der Waals surface area contributed by atoms with Gasteiger partial charge >= 0.3 is 0 Å². The molecule has 120 valence electrons. The number of nitrogens with one attached hydrogen (secondary N) is 1. The molecule has 0 aliphatic rings. The molecule has 23 heavy (non-hydrogen) atoms. The van der Waals surface area contributed by atoms with E-state index in [-0.39, 0.29) is 17.8 Å². The summed E-state index contributed by atoms with van der Waals surface area (Å²) in [6, 6.07) is 12.1. The van der Waals surface area contributed by atoms with Crippen LogP contribution in [0.1, 0.15) is 16.8 Å². The van der Waals surface area contributed by atoms with Gasteiger partial charge in [0.25, 0.3) is 11.6 Å². The van der Waals surface area contributed by atoms with Crippen LogP contribution in [-0.2, 0) is 0 Å². The predicted molar refractivity (Wildman–Crippen MR) is 81.9 cm³/mol. The van der Waals surface area contributed by atoms with Crippen LogP contribution in [0.2, 0.25) is 0 Å². The van der Waals surface area contributed by atoms with Gasteiger partial charge in [0.2, 0.25) is 0 Å². The molecule has 2 aromatic carbocycles. The molecule has 0 unspecified atom stereocenters. The average molecular weight is 318 g/mol. The summed E-state index contributed by atoms with van der Waals surface area (Å²) in [6.45, 7) is 0.662. The Morgan fingerprint density at radius 2 is 1.96 bits per heavy atom. The molecule has 0 atom stereocenters. The highest BCUT2D eigenvalue weighted by Crippen LogP contribution is 2.16. The summed E-state index contributed by atoms with van der Waals surface area (Å²) < 4.78 is 19.0. The Morgan fingerprint density at radius 3 is 2.65 bits per heavy atom. The zero-order valence-electron chi connectivity index (χ0n) is 12.2. The van der Waals surface area contributed by atoms with Gasteiger partial charge in [-0.2, -0.15) is 0 Å². The number of halogens is 1. The maximum Gasteiger partial charge on any atom is 0.270 e. The van der Waals surface area contributed by atoms with Crippen LogP contribution in [0.5, 0.6) is 5.75 Å². The lowest BCUT2D eigenvalue weighted by Gasteiger charge is -2.08. The summed E-state index contributed by atoms with van der Waals surface area (Å²) >= 11 is 0. The van der Waals surface area contributed by atoms with Gasteiger partial charge in [-0.05, 0) is 24.6 Å². The van der Waals surface area contributed by atoms with Crippen LogP contribution in [-0.4, -0.2) is 24.0 Å². The molecule has 6 nitrogen and oxygen atoms in total. The van der Waals surface area contributed by atoms with E-state index in [2.05, 4.69) is 5.32 Å². The Balaban J connectivity index is 1.81. The zero-order chi connectivity index (χ0) is 16.7. The minimum atomic E-state index is -0.798. The molecular formula is C16H15FN2O4. The topological polar surface area (TPSA) is 81.5 Å². The predicted octanol–water partition coefficient (Wildman–Crippen LogP) is 2.93. The third kappa shape index (κ3) is 4.77. The molecule has 0 aromatic heterocycles. The highest BCUT2D eigenvalue weighted by atomic mass is 19.1. The van der Waals surface area contributed by atoms with E-state index in [0.29, 0.717) is 13.0 Å². The lowest BCUT2D eigenvalue weighted by atomic mass is 10.1. The Labute approximate surface area is 132 Å². The summed E-state index contributed by atoms with van der Waals surface area (Å²) in [7, 11) is 0. The summed E-state index contributed by atoms with van der Waals surface area (Å²) in [5.74, 6) is -0.761. The Kier molecular flexibility index (Phi) is 5.62. The lowest BCUT2D eigenvalue weighted by Crippen LogP contribution is -2.26. The zero-order valence-corrected chi connectivity index (χ0v) is 12.2. The second-order valence-corrected chi connectivity index (χ2v) is 4.69. The van der Waals surface area contributed by atoms with E-state index in [4.69, 9.17) is 4.74 Å². The molecule has 0 radical (unpaired) electrons. The van der Waals surface area contributed by atoms with Crippen LogP contribution >= 0.6 is 0 Å². The van der Waals surface area contributed by atoms with E-state index in [1.807, 2.05) is 30.3 Å². The number of non-ortho nitro benzene ring substituents is 1. The molecule has 2 aromatic rings. The molecule has 0 saturated heterocycles. The number of nitro benzene ring substituents is 1. The van der Waals surface area contributed by atoms with Gasteiger partial charge in [0.15, 0.2) is 0 Å². The Morgan fingerprint density at radius 1 is 1.22 bits per heavy atom. The third-order valence-electron chi connectivity index (χ3n) is 3.02. The summed E-state index contributed by atoms with van der Waals surface area (Å²) in [5.41, 5.74) is -0.674. The largest absolute Gasteiger partial charge is 0.494 e. The standard InChI is InChI=1S/C16H15FN2O4/c17-15-8-7-12(19(21)22)11-14(15)16(20)18-9-4-10-23-13-5-2-1-3-6-13/h1-3,5-8,11H,4,9-10H2,(H,18,20). The molecule has 0 saturated carbocycles. The molecule has 0 aliphatic heterocycles. The molecule has 1 N–H and O–H groups in total. The van der Waals surface area contributed by atoms with Crippen molar-refractivity contribution in [1.82, 2.24) is 5.32 Å². The second-order valence-electron chi connectivity index (χ2n) is 4.69. The number of nitro groups is 1. The van der Waals surface area contributed by atoms with Crippen LogP contribution < -0.4 is 10.1 Å². The van der Waals surface area contributed by atoms with Crippen molar-refractivity contribution in [3.8, 4) is 5.75 Å². The van der Waals surface area contributed by atoms with Crippen LogP contribution in [0, 0.1) is 15.9 Å². The fourth-order valence-electron chi connectivity index (χ4n) is 1.88. The Bertz CT molecular complexity index is 692. The van der Waals surface area contributed by atoms with Crippen molar-refractivity contribution in [3.63, 3.8) is 0 Å². The quantitative estimate of drug-likeness (QED) is 0.483. The number of benzene rings is 2. The third-order valence-corrected chi connectivity index (χ3v) is 3.02. The molecule has 7 heteroatoms. The molecule has 2 rings (SSSR count). The SMILES string of the molecule is O=C(NCCCOc1ccccc1)c1cc([N+](=O)[O-])ccc1F. The number of carbonyl (C=O) groups is 1. The molecule has 0 bridgehead atoms. The van der Waals surface area contributed by atoms with Gasteiger partial charge in [-0.15, -0.1) is 0 Å². The van der Waals surface area contributed by atoms with Crippen molar-refractivity contribution in [3.05, 3.63) is 70.0 Å². The highest BCUT2D eigenvalue weighted by Gasteiger charge is 2.16. The Hall–Kier alpha value is -2.96. The normalized spacial score (nSPS) is 10.1. The molecule has 0 fully saturated rings. The summed E-state index contributed by atoms with van der Waals surface area (Å²) in [6.07, 6.45) is 0.525. The number of para-hydroxylation sites is 1. The van der Waals surface area contributed by atoms with Crippen molar-refractivity contribution < 1.29 is 18.8 Å². The van der Waals surface area contributed by atoms with E-state index < -0.39 is 16.6 Å². The first-order chi connectivity index (χ1) is 11.1. The van der Waals surface area contributed by atoms with Gasteiger partial charge in [-0.25, -0.2) is 4.39 Å². The number of carbonyl (C=O) groups excluding carboxylic acids is 1. The average Bonchev–Trinajstić information content (AvgIpc) is 2.55. The minimum absolute atomic E-state index is 0.272. The molecule has 0 heterocycles. The smallest absolute Gasteiger partial charge is 0.270 e. The van der Waals surface area contributed by atoms with Crippen LogP contribution in [0.4, 0.5) is 10.1 Å². The lowest BCUT2D eigenvalue weighted by molar-refractivity contribution is -0.384. The van der Waals surface area contributed by atoms with Gasteiger partial charge in [0, 0.05) is 18.7 Å². The first-order valence-electron chi connectivity index (χ1n) is 6.98. The van der Waals surface area contributed by atoms with Crippen LogP contribution in [0.3, 0.4) is 0 Å². The first kappa shape index (κ1) is 16.4. The number of hydrogen-bond donors (Lipinski definition) is 1. The maximum atomic E-state index is 13.6. The second kappa shape index (κ2) is 7.88. The number of rotatable bonds is 7. The molecule has 1 amide bonds. The van der Waals surface area contributed by atoms with E-state index in [1.54, 1.807) is 0 Å². The van der Waals surface area contributed by atoms with E-state index >= 15 is 0 Å². The van der Waals surface area contributed by atoms with Gasteiger partial charge in [0.1, 0.15) is 11.6 Å². The number of nitrogens with zero attached hydrogens (tertiary/aromatic N) is 1. The fourth-order valence-corrected chi connectivity index (χ4v) is 1.88. The molecule has 0 aliphatic carbocycles. The van der Waals surface area contributed by atoms with Crippen molar-refractivity contribution in [1.29, 1.82) is 0 Å². The number of ether oxygens (including phenoxy) is 1. The van der Waals surface area contributed by atoms with Crippen LogP contribution in [0.25, 0.3) is 0 Å². The highest BCUT2D eigenvalue weighted by molar-refractivity contribution is 5.95. The van der Waals surface area contributed by atoms with E-state index in [1.165, 1.54) is 0 Å². The minimum Gasteiger partial charge on any atom is -0.494 e. The van der Waals surface area contributed by atoms with E-state index in [0.717, 1.165) is 23.9 Å².